The minimum absolute atomic E-state index is 0.0320. The summed E-state index contributed by atoms with van der Waals surface area (Å²) < 4.78 is 0. The van der Waals surface area contributed by atoms with E-state index >= 15 is 0 Å². The summed E-state index contributed by atoms with van der Waals surface area (Å²) in [6.07, 6.45) is 2.66. The highest BCUT2D eigenvalue weighted by molar-refractivity contribution is 5.51. The van der Waals surface area contributed by atoms with Crippen LogP contribution in [0.4, 0.5) is 11.6 Å². The molecule has 5 nitrogen and oxygen atoms in total. The van der Waals surface area contributed by atoms with Crippen molar-refractivity contribution in [3.05, 3.63) is 12.4 Å². The quantitative estimate of drug-likeness (QED) is 0.897. The van der Waals surface area contributed by atoms with Gasteiger partial charge >= 0.3 is 0 Å². The lowest BCUT2D eigenvalue weighted by Crippen LogP contribution is -2.38. The van der Waals surface area contributed by atoms with Gasteiger partial charge in [0.25, 0.3) is 0 Å². The van der Waals surface area contributed by atoms with E-state index in [9.17, 15) is 5.11 Å². The summed E-state index contributed by atoms with van der Waals surface area (Å²) in [5, 5.41) is 9.21. The van der Waals surface area contributed by atoms with Gasteiger partial charge in [0, 0.05) is 44.3 Å². The van der Waals surface area contributed by atoms with Crippen LogP contribution in [0.5, 0.6) is 0 Å². The van der Waals surface area contributed by atoms with E-state index in [0.29, 0.717) is 5.92 Å². The smallest absolute Gasteiger partial charge is 0.134 e. The van der Waals surface area contributed by atoms with E-state index in [0.717, 1.165) is 31.1 Å². The first-order valence-corrected chi connectivity index (χ1v) is 6.83. The minimum atomic E-state index is 0.0320. The van der Waals surface area contributed by atoms with Crippen LogP contribution >= 0.6 is 0 Å². The molecule has 1 aromatic rings. The van der Waals surface area contributed by atoms with Gasteiger partial charge in [0.1, 0.15) is 18.0 Å². The van der Waals surface area contributed by atoms with Gasteiger partial charge in [0.05, 0.1) is 0 Å². The van der Waals surface area contributed by atoms with Crippen LogP contribution in [0.1, 0.15) is 27.2 Å². The van der Waals surface area contributed by atoms with Crippen LogP contribution in [0.2, 0.25) is 0 Å². The molecule has 106 valence electrons. The molecule has 1 fully saturated rings. The molecule has 19 heavy (non-hydrogen) atoms. The molecule has 0 aliphatic carbocycles. The summed E-state index contributed by atoms with van der Waals surface area (Å²) in [4.78, 5) is 13.1. The third kappa shape index (κ3) is 3.15. The van der Waals surface area contributed by atoms with E-state index in [1.54, 1.807) is 6.33 Å². The summed E-state index contributed by atoms with van der Waals surface area (Å²) in [5.74, 6) is 2.26. The molecular weight excluding hydrogens is 240 g/mol. The number of aromatic nitrogens is 2. The molecule has 1 N–H and O–H groups in total. The first-order chi connectivity index (χ1) is 8.91. The Kier molecular flexibility index (Phi) is 3.94. The zero-order valence-electron chi connectivity index (χ0n) is 12.3. The van der Waals surface area contributed by atoms with E-state index in [1.807, 2.05) is 13.1 Å². The largest absolute Gasteiger partial charge is 0.396 e. The lowest BCUT2D eigenvalue weighted by molar-refractivity contribution is 0.238. The average Bonchev–Trinajstić information content (AvgIpc) is 2.85. The number of hydrogen-bond acceptors (Lipinski definition) is 5. The van der Waals surface area contributed by atoms with Crippen molar-refractivity contribution in [2.24, 2.45) is 5.92 Å². The van der Waals surface area contributed by atoms with Gasteiger partial charge in [-0.3, -0.25) is 0 Å². The predicted octanol–water partition coefficient (Wildman–Crippen LogP) is 1.53. The molecule has 2 heterocycles. The van der Waals surface area contributed by atoms with E-state index in [2.05, 4.69) is 40.5 Å². The van der Waals surface area contributed by atoms with E-state index in [1.165, 1.54) is 0 Å². The highest BCUT2D eigenvalue weighted by Gasteiger charge is 2.24. The van der Waals surface area contributed by atoms with E-state index in [-0.39, 0.29) is 12.1 Å². The molecular formula is C14H24N4O. The van der Waals surface area contributed by atoms with Crippen molar-refractivity contribution in [1.82, 2.24) is 9.97 Å². The standard InChI is InChI=1S/C14H24N4O/c1-14(2,3)17(4)12-7-13(16-10-15-12)18-6-5-11(8-18)9-19/h7,10-11,19H,5-6,8-9H2,1-4H3. The van der Waals surface area contributed by atoms with Crippen LogP contribution in [0.25, 0.3) is 0 Å². The van der Waals surface area contributed by atoms with Crippen molar-refractivity contribution in [1.29, 1.82) is 0 Å². The Bertz CT molecular complexity index is 430. The predicted molar refractivity (Wildman–Crippen MR) is 77.6 cm³/mol. The van der Waals surface area contributed by atoms with Crippen LogP contribution in [-0.4, -0.2) is 47.4 Å². The van der Waals surface area contributed by atoms with Crippen molar-refractivity contribution in [2.75, 3.05) is 36.5 Å². The second-order valence-electron chi connectivity index (χ2n) is 6.25. The first-order valence-electron chi connectivity index (χ1n) is 6.83. The van der Waals surface area contributed by atoms with Crippen LogP contribution in [0, 0.1) is 5.92 Å². The molecule has 1 aliphatic rings. The van der Waals surface area contributed by atoms with E-state index < -0.39 is 0 Å². The third-order valence-electron chi connectivity index (χ3n) is 3.86. The van der Waals surface area contributed by atoms with Gasteiger partial charge in [-0.15, -0.1) is 0 Å². The molecule has 0 aromatic carbocycles. The SMILES string of the molecule is CN(c1cc(N2CCC(CO)C2)ncn1)C(C)(C)C. The molecule has 1 saturated heterocycles. The zero-order valence-corrected chi connectivity index (χ0v) is 12.3. The monoisotopic (exact) mass is 264 g/mol. The second-order valence-corrected chi connectivity index (χ2v) is 6.25. The van der Waals surface area contributed by atoms with Gasteiger partial charge in [-0.1, -0.05) is 0 Å². The van der Waals surface area contributed by atoms with Gasteiger partial charge < -0.3 is 14.9 Å². The van der Waals surface area contributed by atoms with Crippen molar-refractivity contribution in [3.63, 3.8) is 0 Å². The van der Waals surface area contributed by atoms with Crippen molar-refractivity contribution < 1.29 is 5.11 Å². The van der Waals surface area contributed by atoms with Crippen molar-refractivity contribution in [3.8, 4) is 0 Å². The van der Waals surface area contributed by atoms with E-state index in [4.69, 9.17) is 0 Å². The molecule has 1 aliphatic heterocycles. The molecule has 0 bridgehead atoms. The Labute approximate surface area is 115 Å². The number of hydrogen-bond donors (Lipinski definition) is 1. The fraction of sp³-hybridized carbons (Fsp3) is 0.714. The van der Waals surface area contributed by atoms with Gasteiger partial charge in [0.2, 0.25) is 0 Å². The Balaban J connectivity index is 2.16. The van der Waals surface area contributed by atoms with Gasteiger partial charge in [0.15, 0.2) is 0 Å². The normalized spacial score (nSPS) is 19.8. The zero-order chi connectivity index (χ0) is 14.0. The first kappa shape index (κ1) is 14.1. The van der Waals surface area contributed by atoms with Gasteiger partial charge in [-0.25, -0.2) is 9.97 Å². The highest BCUT2D eigenvalue weighted by Crippen LogP contribution is 2.26. The summed E-state index contributed by atoms with van der Waals surface area (Å²) in [6.45, 7) is 8.58. The molecule has 0 saturated carbocycles. The fourth-order valence-electron chi connectivity index (χ4n) is 2.23. The molecule has 1 atom stereocenters. The summed E-state index contributed by atoms with van der Waals surface area (Å²) >= 11 is 0. The Hall–Kier alpha value is -1.36. The second kappa shape index (κ2) is 5.33. The van der Waals surface area contributed by atoms with Crippen LogP contribution in [0.3, 0.4) is 0 Å². The number of anilines is 2. The summed E-state index contributed by atoms with van der Waals surface area (Å²) in [6, 6.07) is 2.03. The lowest BCUT2D eigenvalue weighted by Gasteiger charge is -2.33. The van der Waals surface area contributed by atoms with Crippen LogP contribution in [-0.2, 0) is 0 Å². The summed E-state index contributed by atoms with van der Waals surface area (Å²) in [5.41, 5.74) is 0.0320. The average molecular weight is 264 g/mol. The third-order valence-corrected chi connectivity index (χ3v) is 3.86. The molecule has 0 amide bonds. The highest BCUT2D eigenvalue weighted by atomic mass is 16.3. The number of aliphatic hydroxyl groups is 1. The molecule has 0 spiro atoms. The Morgan fingerprint density at radius 3 is 2.74 bits per heavy atom. The van der Waals surface area contributed by atoms with Crippen LogP contribution in [0.15, 0.2) is 12.4 Å². The maximum Gasteiger partial charge on any atom is 0.134 e. The summed E-state index contributed by atoms with van der Waals surface area (Å²) in [7, 11) is 2.05. The fourth-order valence-corrected chi connectivity index (χ4v) is 2.23. The number of rotatable bonds is 3. The number of aliphatic hydroxyl groups excluding tert-OH is 1. The molecule has 2 rings (SSSR count). The Morgan fingerprint density at radius 2 is 2.16 bits per heavy atom. The Morgan fingerprint density at radius 1 is 1.42 bits per heavy atom. The molecule has 5 heteroatoms. The maximum atomic E-state index is 9.21. The number of nitrogens with zero attached hydrogens (tertiary/aromatic N) is 4. The van der Waals surface area contributed by atoms with Crippen molar-refractivity contribution in [2.45, 2.75) is 32.7 Å². The van der Waals surface area contributed by atoms with Gasteiger partial charge in [-0.2, -0.15) is 0 Å². The molecule has 0 radical (unpaired) electrons. The molecule has 1 unspecified atom stereocenters. The van der Waals surface area contributed by atoms with Gasteiger partial charge in [-0.05, 0) is 27.2 Å². The minimum Gasteiger partial charge on any atom is -0.396 e. The maximum absolute atomic E-state index is 9.21. The van der Waals surface area contributed by atoms with Crippen molar-refractivity contribution >= 4 is 11.6 Å². The lowest BCUT2D eigenvalue weighted by atomic mass is 10.1. The molecule has 1 aromatic heterocycles. The van der Waals surface area contributed by atoms with Crippen LogP contribution < -0.4 is 9.80 Å². The topological polar surface area (TPSA) is 52.5 Å².